The molecule has 0 fully saturated rings. The molecule has 0 saturated carbocycles. The highest BCUT2D eigenvalue weighted by atomic mass is 32.2. The molecule has 8 nitrogen and oxygen atoms in total. The zero-order chi connectivity index (χ0) is 23.6. The largest absolute Gasteiger partial charge is 0.383 e. The van der Waals surface area contributed by atoms with Crippen LogP contribution in [0.2, 0.25) is 0 Å². The lowest BCUT2D eigenvalue weighted by Crippen LogP contribution is -2.36. The van der Waals surface area contributed by atoms with Crippen molar-refractivity contribution in [1.29, 1.82) is 0 Å². The van der Waals surface area contributed by atoms with Crippen LogP contribution in [0.25, 0.3) is 0 Å². The summed E-state index contributed by atoms with van der Waals surface area (Å²) in [6.45, 7) is 3.45. The van der Waals surface area contributed by atoms with Crippen molar-refractivity contribution < 1.29 is 27.5 Å². The molecule has 0 aliphatic carbocycles. The Bertz CT molecular complexity index is 997. The summed E-state index contributed by atoms with van der Waals surface area (Å²) in [4.78, 5) is 26.7. The Kier molecular flexibility index (Phi) is 9.83. The third-order valence-corrected chi connectivity index (χ3v) is 6.14. The van der Waals surface area contributed by atoms with E-state index >= 15 is 0 Å². The molecular formula is C23H30N2O6S. The first-order chi connectivity index (χ1) is 15.2. The van der Waals surface area contributed by atoms with Gasteiger partial charge in [-0.05, 0) is 36.8 Å². The quantitative estimate of drug-likeness (QED) is 0.519. The SMILES string of the molecule is COCCN(CCOC)C(=O)c1cccc(CS(=O)(=O)CC(=O)Nc2ccc(C)cc2)c1. The predicted molar refractivity (Wildman–Crippen MR) is 123 cm³/mol. The molecule has 9 heteroatoms. The Labute approximate surface area is 189 Å². The minimum absolute atomic E-state index is 0.240. The van der Waals surface area contributed by atoms with Gasteiger partial charge in [0.15, 0.2) is 9.84 Å². The Morgan fingerprint density at radius 2 is 1.59 bits per heavy atom. The number of ether oxygens (including phenoxy) is 2. The van der Waals surface area contributed by atoms with Crippen molar-refractivity contribution in [2.75, 3.05) is 51.6 Å². The highest BCUT2D eigenvalue weighted by Crippen LogP contribution is 2.14. The van der Waals surface area contributed by atoms with E-state index in [4.69, 9.17) is 9.47 Å². The summed E-state index contributed by atoms with van der Waals surface area (Å²) in [5, 5.41) is 2.59. The number of nitrogens with one attached hydrogen (secondary N) is 1. The molecule has 0 aliphatic rings. The molecule has 2 amide bonds. The molecule has 0 spiro atoms. The third-order valence-electron chi connectivity index (χ3n) is 4.66. The summed E-state index contributed by atoms with van der Waals surface area (Å²) < 4.78 is 35.2. The Hall–Kier alpha value is -2.75. The molecule has 32 heavy (non-hydrogen) atoms. The van der Waals surface area contributed by atoms with Gasteiger partial charge >= 0.3 is 0 Å². The maximum atomic E-state index is 12.9. The molecule has 0 radical (unpaired) electrons. The van der Waals surface area contributed by atoms with Gasteiger partial charge in [0.1, 0.15) is 5.75 Å². The van der Waals surface area contributed by atoms with Crippen molar-refractivity contribution in [2.45, 2.75) is 12.7 Å². The van der Waals surface area contributed by atoms with Gasteiger partial charge in [-0.3, -0.25) is 9.59 Å². The highest BCUT2D eigenvalue weighted by molar-refractivity contribution is 7.91. The summed E-state index contributed by atoms with van der Waals surface area (Å²) in [6.07, 6.45) is 0. The van der Waals surface area contributed by atoms with E-state index in [2.05, 4.69) is 5.32 Å². The van der Waals surface area contributed by atoms with Crippen molar-refractivity contribution in [3.63, 3.8) is 0 Å². The van der Waals surface area contributed by atoms with Gasteiger partial charge in [0.25, 0.3) is 5.91 Å². The van der Waals surface area contributed by atoms with E-state index in [1.807, 2.05) is 19.1 Å². The molecule has 0 saturated heterocycles. The van der Waals surface area contributed by atoms with Gasteiger partial charge < -0.3 is 19.7 Å². The molecule has 0 aromatic heterocycles. The van der Waals surface area contributed by atoms with Crippen molar-refractivity contribution in [3.05, 3.63) is 65.2 Å². The van der Waals surface area contributed by atoms with Crippen LogP contribution in [0.5, 0.6) is 0 Å². The first-order valence-electron chi connectivity index (χ1n) is 10.2. The van der Waals surface area contributed by atoms with Crippen LogP contribution < -0.4 is 5.32 Å². The van der Waals surface area contributed by atoms with Crippen molar-refractivity contribution in [1.82, 2.24) is 4.90 Å². The summed E-state index contributed by atoms with van der Waals surface area (Å²) in [5.74, 6) is -1.83. The number of carbonyl (C=O) groups is 2. The van der Waals surface area contributed by atoms with Crippen molar-refractivity contribution in [2.24, 2.45) is 0 Å². The molecule has 0 heterocycles. The fourth-order valence-corrected chi connectivity index (χ4v) is 4.29. The molecule has 0 aliphatic heterocycles. The van der Waals surface area contributed by atoms with Gasteiger partial charge in [-0.2, -0.15) is 0 Å². The lowest BCUT2D eigenvalue weighted by atomic mass is 10.1. The van der Waals surface area contributed by atoms with E-state index in [0.717, 1.165) is 5.56 Å². The fraction of sp³-hybridized carbons (Fsp3) is 0.391. The van der Waals surface area contributed by atoms with E-state index in [0.29, 0.717) is 43.1 Å². The van der Waals surface area contributed by atoms with E-state index in [1.54, 1.807) is 55.5 Å². The second-order valence-electron chi connectivity index (χ2n) is 7.42. The van der Waals surface area contributed by atoms with E-state index in [9.17, 15) is 18.0 Å². The zero-order valence-electron chi connectivity index (χ0n) is 18.7. The minimum Gasteiger partial charge on any atom is -0.383 e. The van der Waals surface area contributed by atoms with Gasteiger partial charge in [0.2, 0.25) is 5.91 Å². The Balaban J connectivity index is 2.05. The number of aryl methyl sites for hydroxylation is 1. The van der Waals surface area contributed by atoms with Crippen LogP contribution >= 0.6 is 0 Å². The van der Waals surface area contributed by atoms with Crippen LogP contribution in [0.4, 0.5) is 5.69 Å². The second kappa shape index (κ2) is 12.3. The summed E-state index contributed by atoms with van der Waals surface area (Å²) in [7, 11) is -0.620. The van der Waals surface area contributed by atoms with E-state index in [1.165, 1.54) is 0 Å². The zero-order valence-corrected chi connectivity index (χ0v) is 19.5. The first-order valence-corrected chi connectivity index (χ1v) is 12.0. The molecule has 174 valence electrons. The van der Waals surface area contributed by atoms with Gasteiger partial charge in [-0.1, -0.05) is 29.8 Å². The Morgan fingerprint density at radius 1 is 0.969 bits per heavy atom. The van der Waals surface area contributed by atoms with Crippen molar-refractivity contribution >= 4 is 27.3 Å². The maximum Gasteiger partial charge on any atom is 0.254 e. The minimum atomic E-state index is -3.73. The summed E-state index contributed by atoms with van der Waals surface area (Å²) >= 11 is 0. The third kappa shape index (κ3) is 8.41. The predicted octanol–water partition coefficient (Wildman–Crippen LogP) is 2.28. The number of amides is 2. The highest BCUT2D eigenvalue weighted by Gasteiger charge is 2.20. The maximum absolute atomic E-state index is 12.9. The normalized spacial score (nSPS) is 11.2. The van der Waals surface area contributed by atoms with Crippen molar-refractivity contribution in [3.8, 4) is 0 Å². The monoisotopic (exact) mass is 462 g/mol. The summed E-state index contributed by atoms with van der Waals surface area (Å²) in [5.41, 5.74) is 2.38. The number of benzene rings is 2. The molecular weight excluding hydrogens is 432 g/mol. The number of rotatable bonds is 12. The first kappa shape index (κ1) is 25.5. The van der Waals surface area contributed by atoms with Crippen LogP contribution in [-0.2, 0) is 29.9 Å². The van der Waals surface area contributed by atoms with Crippen LogP contribution in [0.15, 0.2) is 48.5 Å². The molecule has 0 bridgehead atoms. The van der Waals surface area contributed by atoms with Crippen LogP contribution in [0, 0.1) is 6.92 Å². The van der Waals surface area contributed by atoms with Crippen LogP contribution in [0.3, 0.4) is 0 Å². The summed E-state index contributed by atoms with van der Waals surface area (Å²) in [6, 6.07) is 13.5. The molecule has 2 aromatic carbocycles. The molecule has 1 N–H and O–H groups in total. The number of hydrogen-bond donors (Lipinski definition) is 1. The van der Waals surface area contributed by atoms with E-state index in [-0.39, 0.29) is 11.7 Å². The molecule has 2 aromatic rings. The number of sulfone groups is 1. The van der Waals surface area contributed by atoms with Crippen LogP contribution in [-0.4, -0.2) is 71.4 Å². The van der Waals surface area contributed by atoms with Gasteiger partial charge in [0.05, 0.1) is 19.0 Å². The number of carbonyl (C=O) groups excluding carboxylic acids is 2. The standard InChI is InChI=1S/C23H30N2O6S/c1-18-7-9-21(10-8-18)24-22(26)17-32(28,29)16-19-5-4-6-20(15-19)23(27)25(11-13-30-2)12-14-31-3/h4-10,15H,11-14,16-17H2,1-3H3,(H,24,26). The molecule has 0 atom stereocenters. The molecule has 0 unspecified atom stereocenters. The average Bonchev–Trinajstić information content (AvgIpc) is 2.74. The smallest absolute Gasteiger partial charge is 0.254 e. The number of hydrogen-bond acceptors (Lipinski definition) is 6. The lowest BCUT2D eigenvalue weighted by Gasteiger charge is -2.22. The lowest BCUT2D eigenvalue weighted by molar-refractivity contribution is -0.113. The van der Waals surface area contributed by atoms with E-state index < -0.39 is 21.5 Å². The topological polar surface area (TPSA) is 102 Å². The number of anilines is 1. The second-order valence-corrected chi connectivity index (χ2v) is 9.49. The fourth-order valence-electron chi connectivity index (χ4n) is 3.03. The molecule has 2 rings (SSSR count). The van der Waals surface area contributed by atoms with Crippen LogP contribution in [0.1, 0.15) is 21.5 Å². The van der Waals surface area contributed by atoms with Gasteiger partial charge in [-0.25, -0.2) is 8.42 Å². The van der Waals surface area contributed by atoms with Gasteiger partial charge in [-0.15, -0.1) is 0 Å². The van der Waals surface area contributed by atoms with Gasteiger partial charge in [0, 0.05) is 38.6 Å². The Morgan fingerprint density at radius 3 is 2.19 bits per heavy atom. The number of nitrogens with zero attached hydrogens (tertiary/aromatic N) is 1. The average molecular weight is 463 g/mol. The number of methoxy groups -OCH3 is 2.